The Labute approximate surface area is 153 Å². The van der Waals surface area contributed by atoms with E-state index in [0.29, 0.717) is 0 Å². The fraction of sp³-hybridized carbons (Fsp3) is 0.0769. The van der Waals surface area contributed by atoms with Crippen molar-refractivity contribution in [1.29, 1.82) is 0 Å². The van der Waals surface area contributed by atoms with E-state index in [1.54, 1.807) is 0 Å². The summed E-state index contributed by atoms with van der Waals surface area (Å²) in [7, 11) is -7.70. The van der Waals surface area contributed by atoms with E-state index in [1.165, 1.54) is 24.3 Å². The molecule has 0 heterocycles. The van der Waals surface area contributed by atoms with E-state index in [-0.39, 0.29) is 44.1 Å². The van der Waals surface area contributed by atoms with E-state index in [0.717, 1.165) is 18.4 Å². The van der Waals surface area contributed by atoms with Crippen LogP contribution in [0.25, 0.3) is 0 Å². The van der Waals surface area contributed by atoms with Gasteiger partial charge in [0, 0.05) is 11.0 Å². The Bertz CT molecular complexity index is 1010. The van der Waals surface area contributed by atoms with Gasteiger partial charge in [-0.2, -0.15) is 3.89 Å². The highest BCUT2D eigenvalue weighted by atomic mass is 35.5. The quantitative estimate of drug-likeness (QED) is 0.733. The largest absolute Gasteiger partial charge is 0.454 e. The first-order valence-electron chi connectivity index (χ1n) is 6.40. The van der Waals surface area contributed by atoms with Gasteiger partial charge in [-0.3, -0.25) is 4.72 Å². The van der Waals surface area contributed by atoms with Crippen LogP contribution in [-0.2, 0) is 20.0 Å². The topological polar surface area (TPSA) is 116 Å². The number of hydrogen-bond acceptors (Lipinski definition) is 6. The Hall–Kier alpha value is -1.53. The van der Waals surface area contributed by atoms with Gasteiger partial charge in [0.2, 0.25) is 20.0 Å². The number of ether oxygens (including phenoxy) is 1. The first kappa shape index (κ1) is 19.8. The molecule has 0 aliphatic heterocycles. The highest BCUT2D eigenvalue weighted by Crippen LogP contribution is 2.37. The highest BCUT2D eigenvalue weighted by Gasteiger charge is 2.16. The normalized spacial score (nSPS) is 12.0. The van der Waals surface area contributed by atoms with Gasteiger partial charge in [-0.15, -0.1) is 0 Å². The maximum absolute atomic E-state index is 12.6. The van der Waals surface area contributed by atoms with E-state index in [2.05, 4.69) is 4.72 Å². The lowest BCUT2D eigenvalue weighted by molar-refractivity contribution is 0.482. The van der Waals surface area contributed by atoms with Gasteiger partial charge in [-0.25, -0.2) is 22.0 Å². The molecule has 0 atom stereocenters. The van der Waals surface area contributed by atoms with Crippen LogP contribution in [0.3, 0.4) is 0 Å². The summed E-state index contributed by atoms with van der Waals surface area (Å²) in [4.78, 5) is -0.0428. The standard InChI is InChI=1S/C13H12ClFN2O5S3/c1-24(18,19)17-11-4-3-9(25(16,20)21)7-13(11)22-12-5-2-8(23-15)6-10(12)14/h2-7,17H,1H3,(H2,16,20,21). The Morgan fingerprint density at radius 1 is 1.12 bits per heavy atom. The van der Waals surface area contributed by atoms with Crippen molar-refractivity contribution in [2.45, 2.75) is 9.79 Å². The molecule has 3 N–H and O–H groups in total. The molecule has 0 aromatic heterocycles. The molecule has 0 fully saturated rings. The number of anilines is 1. The summed E-state index contributed by atoms with van der Waals surface area (Å²) in [5.41, 5.74) is -0.0186. The lowest BCUT2D eigenvalue weighted by Crippen LogP contribution is -2.14. The van der Waals surface area contributed by atoms with Gasteiger partial charge in [0.05, 0.1) is 34.0 Å². The molecule has 2 aromatic carbocycles. The molecule has 0 amide bonds. The molecule has 2 aromatic rings. The lowest BCUT2D eigenvalue weighted by atomic mass is 10.3. The van der Waals surface area contributed by atoms with Gasteiger partial charge in [0.25, 0.3) is 0 Å². The summed E-state index contributed by atoms with van der Waals surface area (Å²) in [5, 5.41) is 5.12. The van der Waals surface area contributed by atoms with E-state index in [1.807, 2.05) is 0 Å². The van der Waals surface area contributed by atoms with Gasteiger partial charge >= 0.3 is 0 Å². The average molecular weight is 427 g/mol. The molecule has 136 valence electrons. The molecule has 25 heavy (non-hydrogen) atoms. The molecule has 0 radical (unpaired) electrons. The number of hydrogen-bond donors (Lipinski definition) is 2. The Balaban J connectivity index is 2.52. The number of sulfonamides is 2. The number of rotatable bonds is 6. The zero-order valence-corrected chi connectivity index (χ0v) is 15.8. The van der Waals surface area contributed by atoms with Crippen LogP contribution in [-0.4, -0.2) is 23.1 Å². The number of halogens is 2. The molecule has 0 saturated carbocycles. The molecule has 7 nitrogen and oxygen atoms in total. The van der Waals surface area contributed by atoms with Gasteiger partial charge in [-0.1, -0.05) is 11.6 Å². The van der Waals surface area contributed by atoms with Crippen LogP contribution in [0.1, 0.15) is 0 Å². The third-order valence-corrected chi connectivity index (χ3v) is 5.02. The number of benzene rings is 2. The zero-order valence-electron chi connectivity index (χ0n) is 12.6. The Kier molecular flexibility index (Phi) is 5.84. The molecule has 0 spiro atoms. The minimum absolute atomic E-state index is 0.0127. The third-order valence-electron chi connectivity index (χ3n) is 2.79. The number of primary sulfonamides is 1. The van der Waals surface area contributed by atoms with Crippen LogP contribution in [0, 0.1) is 0 Å². The molecule has 0 saturated heterocycles. The summed E-state index contributed by atoms with van der Waals surface area (Å²) in [5.74, 6) is -0.0675. The van der Waals surface area contributed by atoms with Crippen molar-refractivity contribution in [3.8, 4) is 11.5 Å². The molecular formula is C13H12ClFN2O5S3. The molecule has 0 bridgehead atoms. The SMILES string of the molecule is CS(=O)(=O)Nc1ccc(S(N)(=O)=O)cc1Oc1ccc(SF)cc1Cl. The Morgan fingerprint density at radius 2 is 1.80 bits per heavy atom. The monoisotopic (exact) mass is 426 g/mol. The second-order valence-corrected chi connectivity index (χ2v) is 9.19. The fourth-order valence-electron chi connectivity index (χ4n) is 1.78. The van der Waals surface area contributed by atoms with Gasteiger partial charge < -0.3 is 4.74 Å². The van der Waals surface area contributed by atoms with Crippen molar-refractivity contribution in [3.63, 3.8) is 0 Å². The highest BCUT2D eigenvalue weighted by molar-refractivity contribution is 7.94. The van der Waals surface area contributed by atoms with Crippen molar-refractivity contribution in [1.82, 2.24) is 0 Å². The van der Waals surface area contributed by atoms with E-state index in [9.17, 15) is 20.7 Å². The maximum atomic E-state index is 12.6. The molecule has 2 rings (SSSR count). The molecular weight excluding hydrogens is 415 g/mol. The van der Waals surface area contributed by atoms with Crippen LogP contribution < -0.4 is 14.6 Å². The van der Waals surface area contributed by atoms with Crippen molar-refractivity contribution < 1.29 is 25.5 Å². The van der Waals surface area contributed by atoms with Crippen molar-refractivity contribution in [2.75, 3.05) is 11.0 Å². The first-order chi connectivity index (χ1) is 11.5. The summed E-state index contributed by atoms with van der Waals surface area (Å²) in [6, 6.07) is 7.42. The minimum atomic E-state index is -4.04. The van der Waals surface area contributed by atoms with Crippen LogP contribution in [0.4, 0.5) is 9.57 Å². The van der Waals surface area contributed by atoms with Crippen LogP contribution >= 0.6 is 23.7 Å². The number of nitrogens with one attached hydrogen (secondary N) is 1. The van der Waals surface area contributed by atoms with E-state index >= 15 is 0 Å². The summed E-state index contributed by atoms with van der Waals surface area (Å²) < 4.78 is 66.2. The van der Waals surface area contributed by atoms with E-state index < -0.39 is 20.0 Å². The lowest BCUT2D eigenvalue weighted by Gasteiger charge is -2.14. The van der Waals surface area contributed by atoms with Crippen LogP contribution in [0.2, 0.25) is 5.02 Å². The smallest absolute Gasteiger partial charge is 0.238 e. The van der Waals surface area contributed by atoms with E-state index in [4.69, 9.17) is 21.5 Å². The zero-order chi connectivity index (χ0) is 18.8. The molecule has 0 aliphatic rings. The van der Waals surface area contributed by atoms with Gasteiger partial charge in [-0.05, 0) is 30.3 Å². The van der Waals surface area contributed by atoms with Gasteiger partial charge in [0.1, 0.15) is 5.75 Å². The molecule has 0 unspecified atom stereocenters. The first-order valence-corrected chi connectivity index (χ1v) is 10.9. The summed E-state index contributed by atoms with van der Waals surface area (Å²) >= 11 is 5.97. The molecule has 12 heteroatoms. The van der Waals surface area contributed by atoms with Crippen LogP contribution in [0.5, 0.6) is 11.5 Å². The van der Waals surface area contributed by atoms with Crippen molar-refractivity contribution >= 4 is 49.5 Å². The summed E-state index contributed by atoms with van der Waals surface area (Å²) in [6.07, 6.45) is 0.921. The fourth-order valence-corrected chi connectivity index (χ4v) is 3.44. The second kappa shape index (κ2) is 7.38. The van der Waals surface area contributed by atoms with Crippen molar-refractivity contribution in [3.05, 3.63) is 41.4 Å². The second-order valence-electron chi connectivity index (χ2n) is 4.85. The number of nitrogens with two attached hydrogens (primary N) is 1. The minimum Gasteiger partial charge on any atom is -0.454 e. The Morgan fingerprint density at radius 3 is 2.32 bits per heavy atom. The maximum Gasteiger partial charge on any atom is 0.238 e. The van der Waals surface area contributed by atoms with Crippen LogP contribution in [0.15, 0.2) is 46.2 Å². The average Bonchev–Trinajstić information content (AvgIpc) is 2.48. The predicted octanol–water partition coefficient (Wildman–Crippen LogP) is 3.13. The van der Waals surface area contributed by atoms with Crippen molar-refractivity contribution in [2.24, 2.45) is 5.14 Å². The molecule has 0 aliphatic carbocycles. The summed E-state index contributed by atoms with van der Waals surface area (Å²) in [6.45, 7) is 0. The third kappa shape index (κ3) is 5.47. The predicted molar refractivity (Wildman–Crippen MR) is 94.8 cm³/mol. The van der Waals surface area contributed by atoms with Gasteiger partial charge in [0.15, 0.2) is 5.75 Å².